The molecule has 6 nitrogen and oxygen atoms in total. The van der Waals surface area contributed by atoms with E-state index in [4.69, 9.17) is 10.9 Å². The molecule has 1 heterocycles. The van der Waals surface area contributed by atoms with Gasteiger partial charge >= 0.3 is 0 Å². The molecule has 1 unspecified atom stereocenters. The number of hydrogen-bond donors (Lipinski definition) is 2. The van der Waals surface area contributed by atoms with E-state index in [0.717, 1.165) is 32.6 Å². The Hall–Kier alpha value is -1.30. The van der Waals surface area contributed by atoms with Gasteiger partial charge in [0.15, 0.2) is 5.84 Å². The van der Waals surface area contributed by atoms with Gasteiger partial charge in [-0.1, -0.05) is 19.0 Å². The summed E-state index contributed by atoms with van der Waals surface area (Å²) >= 11 is 0. The molecule has 0 aromatic rings. The lowest BCUT2D eigenvalue weighted by Crippen LogP contribution is -2.44. The summed E-state index contributed by atoms with van der Waals surface area (Å²) in [5.74, 6) is 0.112. The topological polar surface area (TPSA) is 82.2 Å². The highest BCUT2D eigenvalue weighted by molar-refractivity contribution is 6.09. The molecular weight excluding hydrogens is 244 g/mol. The molecule has 0 aromatic heterocycles. The van der Waals surface area contributed by atoms with Gasteiger partial charge in [-0.25, -0.2) is 0 Å². The number of hydrogen-bond acceptors (Lipinski definition) is 4. The van der Waals surface area contributed by atoms with Crippen LogP contribution in [-0.2, 0) is 4.79 Å². The first kappa shape index (κ1) is 14.1. The molecule has 19 heavy (non-hydrogen) atoms. The molecule has 6 heteroatoms. The van der Waals surface area contributed by atoms with Gasteiger partial charge in [0.25, 0.3) is 0 Å². The van der Waals surface area contributed by atoms with Crippen molar-refractivity contribution in [1.82, 2.24) is 9.80 Å². The van der Waals surface area contributed by atoms with Crippen molar-refractivity contribution in [3.8, 4) is 0 Å². The van der Waals surface area contributed by atoms with Gasteiger partial charge in [0.2, 0.25) is 5.91 Å². The highest BCUT2D eigenvalue weighted by Crippen LogP contribution is 2.48. The number of nitrogens with zero attached hydrogens (tertiary/aromatic N) is 3. The predicted octanol–water partition coefficient (Wildman–Crippen LogP) is 0.456. The summed E-state index contributed by atoms with van der Waals surface area (Å²) < 4.78 is 0. The van der Waals surface area contributed by atoms with E-state index in [-0.39, 0.29) is 11.7 Å². The van der Waals surface area contributed by atoms with Crippen LogP contribution in [0.1, 0.15) is 33.1 Å². The maximum Gasteiger partial charge on any atom is 0.236 e. The summed E-state index contributed by atoms with van der Waals surface area (Å²) in [6, 6.07) is 0.446. The van der Waals surface area contributed by atoms with Crippen molar-refractivity contribution in [1.29, 1.82) is 0 Å². The van der Waals surface area contributed by atoms with E-state index in [1.54, 1.807) is 0 Å². The second-order valence-corrected chi connectivity index (χ2v) is 5.48. The Balaban J connectivity index is 2.00. The normalized spacial score (nSPS) is 25.9. The van der Waals surface area contributed by atoms with Crippen molar-refractivity contribution in [3.05, 3.63) is 0 Å². The van der Waals surface area contributed by atoms with Gasteiger partial charge in [0.1, 0.15) is 5.41 Å². The van der Waals surface area contributed by atoms with Crippen molar-refractivity contribution in [2.45, 2.75) is 39.2 Å². The van der Waals surface area contributed by atoms with Crippen LogP contribution in [0.15, 0.2) is 5.16 Å². The van der Waals surface area contributed by atoms with E-state index in [1.165, 1.54) is 0 Å². The molecule has 1 saturated heterocycles. The highest BCUT2D eigenvalue weighted by Gasteiger charge is 2.56. The summed E-state index contributed by atoms with van der Waals surface area (Å²) in [5.41, 5.74) is 4.97. The van der Waals surface area contributed by atoms with Gasteiger partial charge in [-0.2, -0.15) is 0 Å². The van der Waals surface area contributed by atoms with Crippen molar-refractivity contribution in [2.24, 2.45) is 16.3 Å². The summed E-state index contributed by atoms with van der Waals surface area (Å²) in [5, 5.41) is 11.8. The van der Waals surface area contributed by atoms with E-state index < -0.39 is 5.41 Å². The summed E-state index contributed by atoms with van der Waals surface area (Å²) in [7, 11) is 0. The van der Waals surface area contributed by atoms with E-state index in [0.29, 0.717) is 18.9 Å². The number of carbonyl (C=O) groups excluding carboxylic acids is 1. The molecule has 0 bridgehead atoms. The van der Waals surface area contributed by atoms with Crippen LogP contribution in [0.3, 0.4) is 0 Å². The first-order chi connectivity index (χ1) is 9.08. The molecule has 3 N–H and O–H groups in total. The third-order valence-electron chi connectivity index (χ3n) is 4.54. The van der Waals surface area contributed by atoms with Gasteiger partial charge in [-0.15, -0.1) is 0 Å². The average molecular weight is 268 g/mol. The molecule has 0 spiro atoms. The van der Waals surface area contributed by atoms with E-state index in [2.05, 4.69) is 23.9 Å². The molecule has 1 aliphatic carbocycles. The monoisotopic (exact) mass is 268 g/mol. The van der Waals surface area contributed by atoms with Gasteiger partial charge in [-0.05, 0) is 32.4 Å². The summed E-state index contributed by atoms with van der Waals surface area (Å²) in [6.07, 6.45) is 2.42. The third-order valence-corrected chi connectivity index (χ3v) is 4.54. The van der Waals surface area contributed by atoms with Crippen molar-refractivity contribution in [3.63, 3.8) is 0 Å². The molecule has 1 atom stereocenters. The van der Waals surface area contributed by atoms with E-state index >= 15 is 0 Å². The van der Waals surface area contributed by atoms with Crippen LogP contribution in [0.25, 0.3) is 0 Å². The van der Waals surface area contributed by atoms with Crippen LogP contribution in [0, 0.1) is 5.41 Å². The van der Waals surface area contributed by atoms with Crippen molar-refractivity contribution in [2.75, 3.05) is 26.2 Å². The van der Waals surface area contributed by atoms with Crippen molar-refractivity contribution >= 4 is 11.7 Å². The Bertz CT molecular complexity index is 375. The molecule has 2 rings (SSSR count). The number of nitrogens with two attached hydrogens (primary N) is 1. The zero-order valence-corrected chi connectivity index (χ0v) is 11.8. The zero-order valence-electron chi connectivity index (χ0n) is 11.8. The Morgan fingerprint density at radius 3 is 2.58 bits per heavy atom. The maximum atomic E-state index is 12.5. The summed E-state index contributed by atoms with van der Waals surface area (Å²) in [6.45, 7) is 7.85. The largest absolute Gasteiger partial charge is 0.409 e. The first-order valence-electron chi connectivity index (χ1n) is 7.10. The lowest BCUT2D eigenvalue weighted by molar-refractivity contribution is -0.133. The van der Waals surface area contributed by atoms with E-state index in [1.807, 2.05) is 4.90 Å². The second-order valence-electron chi connectivity index (χ2n) is 5.48. The number of likely N-dealkylation sites (tertiary alicyclic amines) is 1. The summed E-state index contributed by atoms with van der Waals surface area (Å²) in [4.78, 5) is 16.8. The molecule has 0 radical (unpaired) electrons. The fourth-order valence-electron chi connectivity index (χ4n) is 3.07. The molecule has 2 aliphatic rings. The lowest BCUT2D eigenvalue weighted by Gasteiger charge is -2.27. The molecule has 1 amide bonds. The van der Waals surface area contributed by atoms with Gasteiger partial charge < -0.3 is 15.8 Å². The van der Waals surface area contributed by atoms with Crippen LogP contribution < -0.4 is 5.73 Å². The predicted molar refractivity (Wildman–Crippen MR) is 73.0 cm³/mol. The molecule has 1 saturated carbocycles. The van der Waals surface area contributed by atoms with Crippen LogP contribution in [0.2, 0.25) is 0 Å². The van der Waals surface area contributed by atoms with Gasteiger partial charge in [0.05, 0.1) is 0 Å². The van der Waals surface area contributed by atoms with Crippen LogP contribution >= 0.6 is 0 Å². The molecular formula is C13H24N4O2. The number of likely N-dealkylation sites (N-methyl/N-ethyl adjacent to an activating group) is 1. The first-order valence-corrected chi connectivity index (χ1v) is 7.10. The van der Waals surface area contributed by atoms with Crippen molar-refractivity contribution < 1.29 is 10.0 Å². The zero-order chi connectivity index (χ0) is 14.0. The van der Waals surface area contributed by atoms with Crippen LogP contribution in [-0.4, -0.2) is 59.0 Å². The number of rotatable bonds is 5. The molecule has 108 valence electrons. The number of carbonyl (C=O) groups is 1. The van der Waals surface area contributed by atoms with E-state index in [9.17, 15) is 4.79 Å². The quantitative estimate of drug-likeness (QED) is 0.328. The van der Waals surface area contributed by atoms with Crippen LogP contribution in [0.4, 0.5) is 0 Å². The number of amides is 1. The SMILES string of the molecule is CCN(CC)C1CCN(C(=O)C2(C(N)=NO)CC2)C1. The smallest absolute Gasteiger partial charge is 0.236 e. The molecule has 2 fully saturated rings. The Kier molecular flexibility index (Phi) is 3.99. The van der Waals surface area contributed by atoms with Gasteiger partial charge in [-0.3, -0.25) is 9.69 Å². The average Bonchev–Trinajstić information content (AvgIpc) is 3.11. The minimum atomic E-state index is -0.701. The minimum absolute atomic E-state index is 0.0393. The Morgan fingerprint density at radius 2 is 2.11 bits per heavy atom. The fraction of sp³-hybridized carbons (Fsp3) is 0.846. The highest BCUT2D eigenvalue weighted by atomic mass is 16.4. The second kappa shape index (κ2) is 5.36. The Morgan fingerprint density at radius 1 is 1.47 bits per heavy atom. The molecule has 1 aliphatic heterocycles. The maximum absolute atomic E-state index is 12.5. The third kappa shape index (κ3) is 2.41. The lowest BCUT2D eigenvalue weighted by atomic mass is 10.0. The van der Waals surface area contributed by atoms with Crippen LogP contribution in [0.5, 0.6) is 0 Å². The number of amidine groups is 1. The van der Waals surface area contributed by atoms with Gasteiger partial charge in [0, 0.05) is 19.1 Å². The minimum Gasteiger partial charge on any atom is -0.409 e. The Labute approximate surface area is 114 Å². The molecule has 0 aromatic carbocycles. The fourth-order valence-corrected chi connectivity index (χ4v) is 3.07. The standard InChI is InChI=1S/C13H24N4O2/c1-3-16(4-2)10-5-8-17(9-10)12(18)13(6-7-13)11(14)15-19/h10,19H,3-9H2,1-2H3,(H2,14,15). The number of oxime groups is 1.